The molecule has 0 bridgehead atoms. The van der Waals surface area contributed by atoms with Crippen LogP contribution in [0.5, 0.6) is 0 Å². The fourth-order valence-corrected chi connectivity index (χ4v) is 4.04. The molecule has 2 heterocycles. The molecule has 0 radical (unpaired) electrons. The highest BCUT2D eigenvalue weighted by Crippen LogP contribution is 2.34. The molecule has 3 aromatic rings. The zero-order chi connectivity index (χ0) is 26.5. The van der Waals surface area contributed by atoms with E-state index in [0.717, 1.165) is 24.6 Å². The predicted molar refractivity (Wildman–Crippen MR) is 125 cm³/mol. The first-order chi connectivity index (χ1) is 17.0. The van der Waals surface area contributed by atoms with Gasteiger partial charge in [0.15, 0.2) is 17.1 Å². The lowest BCUT2D eigenvalue weighted by Gasteiger charge is -2.23. The number of esters is 1. The van der Waals surface area contributed by atoms with Gasteiger partial charge in [0, 0.05) is 12.5 Å². The lowest BCUT2D eigenvalue weighted by atomic mass is 10.1. The number of hydrogen-bond donors (Lipinski definition) is 2. The summed E-state index contributed by atoms with van der Waals surface area (Å²) in [5.74, 6) is -0.746. The number of nitrogens with one attached hydrogen (secondary N) is 2. The van der Waals surface area contributed by atoms with E-state index in [1.54, 1.807) is 30.3 Å². The molecule has 12 nitrogen and oxygen atoms in total. The molecule has 1 aromatic carbocycles. The number of benzene rings is 1. The maximum atomic E-state index is 14.1. The Hall–Kier alpha value is -3.85. The average molecular weight is 545 g/mol. The van der Waals surface area contributed by atoms with Crippen LogP contribution in [-0.2, 0) is 16.0 Å². The van der Waals surface area contributed by atoms with Gasteiger partial charge in [-0.1, -0.05) is 41.7 Å². The number of hydrogen-bond acceptors (Lipinski definition) is 10. The number of nitrogens with zero attached hydrogens (tertiary/aromatic N) is 4. The van der Waals surface area contributed by atoms with E-state index in [1.165, 1.54) is 11.5 Å². The molecule has 0 saturated carbocycles. The average Bonchev–Trinajstić information content (AvgIpc) is 3.42. The molecule has 192 valence electrons. The van der Waals surface area contributed by atoms with Gasteiger partial charge in [-0.25, -0.2) is 24.1 Å². The Labute approximate surface area is 211 Å². The smallest absolute Gasteiger partial charge is 0.409 e. The number of aromatic nitrogens is 3. The molecule has 0 spiro atoms. The van der Waals surface area contributed by atoms with Crippen LogP contribution in [0.15, 0.2) is 36.5 Å². The van der Waals surface area contributed by atoms with Crippen LogP contribution in [-0.4, -0.2) is 56.8 Å². The van der Waals surface area contributed by atoms with E-state index in [9.17, 15) is 28.5 Å². The van der Waals surface area contributed by atoms with Crippen molar-refractivity contribution in [2.24, 2.45) is 0 Å². The number of alkyl halides is 3. The summed E-state index contributed by atoms with van der Waals surface area (Å²) < 4.78 is 38.9. The van der Waals surface area contributed by atoms with Crippen LogP contribution in [0.3, 0.4) is 0 Å². The molecule has 0 aliphatic heterocycles. The molecular formula is C20H19ClF2N6O6S. The third kappa shape index (κ3) is 6.42. The summed E-state index contributed by atoms with van der Waals surface area (Å²) in [5, 5.41) is 11.1. The zero-order valence-corrected chi connectivity index (χ0v) is 20.3. The van der Waals surface area contributed by atoms with Crippen molar-refractivity contribution in [1.82, 2.24) is 19.9 Å². The fourth-order valence-electron chi connectivity index (χ4n) is 3.00. The number of anilines is 1. The second-order valence-electron chi connectivity index (χ2n) is 7.03. The van der Waals surface area contributed by atoms with Gasteiger partial charge in [-0.15, -0.1) is 0 Å². The Morgan fingerprint density at radius 3 is 2.64 bits per heavy atom. The Morgan fingerprint density at radius 2 is 2.03 bits per heavy atom. The number of ether oxygens (including phenoxy) is 2. The molecule has 36 heavy (non-hydrogen) atoms. The molecule has 1 unspecified atom stereocenters. The van der Waals surface area contributed by atoms with Crippen LogP contribution in [0.1, 0.15) is 15.5 Å². The minimum Gasteiger partial charge on any atom is -0.465 e. The van der Waals surface area contributed by atoms with Crippen LogP contribution < -0.4 is 10.6 Å². The van der Waals surface area contributed by atoms with E-state index >= 15 is 0 Å². The number of nitro groups is 1. The number of methoxy groups -OCH3 is 1. The van der Waals surface area contributed by atoms with E-state index in [0.29, 0.717) is 11.4 Å². The van der Waals surface area contributed by atoms with Gasteiger partial charge < -0.3 is 24.9 Å². The molecule has 1 amide bonds. The zero-order valence-electron chi connectivity index (χ0n) is 18.7. The Balaban J connectivity index is 1.71. The highest BCUT2D eigenvalue weighted by atomic mass is 35.5. The number of rotatable bonds is 10. The Morgan fingerprint density at radius 1 is 1.33 bits per heavy atom. The molecule has 0 fully saturated rings. The predicted octanol–water partition coefficient (Wildman–Crippen LogP) is 4.01. The third-order valence-electron chi connectivity index (χ3n) is 4.67. The SMILES string of the molecule is COC(=O)c1sc(NC(NC(=O)OCCn2c([N+](=O)[O-])cnc2C)C(F)(F)Cl)nc1-c1ccccc1. The lowest BCUT2D eigenvalue weighted by Crippen LogP contribution is -2.50. The standard InChI is InChI=1S/C20H19ClF2N6O6S/c1-11-24-10-13(29(32)33)28(11)8-9-35-19(31)27-17(20(21,22)23)26-18-25-14(12-6-4-3-5-7-12)15(36-18)16(30)34-2/h3-7,10,17H,8-9H2,1-2H3,(H,25,26)(H,27,31). The minimum absolute atomic E-state index is 0.0442. The summed E-state index contributed by atoms with van der Waals surface area (Å²) in [4.78, 5) is 42.8. The van der Waals surface area contributed by atoms with Crippen LogP contribution in [0.2, 0.25) is 0 Å². The number of imidazole rings is 1. The number of carbonyl (C=O) groups excluding carboxylic acids is 2. The van der Waals surface area contributed by atoms with E-state index in [2.05, 4.69) is 15.3 Å². The van der Waals surface area contributed by atoms with Crippen LogP contribution in [0.4, 0.5) is 24.5 Å². The summed E-state index contributed by atoms with van der Waals surface area (Å²) in [7, 11) is 1.16. The van der Waals surface area contributed by atoms with Gasteiger partial charge in [-0.2, -0.15) is 8.78 Å². The van der Waals surface area contributed by atoms with Crippen molar-refractivity contribution in [3.05, 3.63) is 57.3 Å². The van der Waals surface area contributed by atoms with Crippen molar-refractivity contribution in [2.75, 3.05) is 19.0 Å². The van der Waals surface area contributed by atoms with Gasteiger partial charge in [0.25, 0.3) is 0 Å². The van der Waals surface area contributed by atoms with Gasteiger partial charge in [0.05, 0.1) is 12.8 Å². The van der Waals surface area contributed by atoms with Gasteiger partial charge in [-0.3, -0.25) is 5.32 Å². The van der Waals surface area contributed by atoms with E-state index in [1.807, 2.05) is 5.32 Å². The number of aryl methyl sites for hydroxylation is 1. The molecular weight excluding hydrogens is 526 g/mol. The monoisotopic (exact) mass is 544 g/mol. The van der Waals surface area contributed by atoms with Gasteiger partial charge in [-0.05, 0) is 16.5 Å². The second-order valence-corrected chi connectivity index (χ2v) is 8.53. The molecule has 0 saturated heterocycles. The summed E-state index contributed by atoms with van der Waals surface area (Å²) in [6.45, 7) is 0.994. The first kappa shape index (κ1) is 26.7. The first-order valence-corrected chi connectivity index (χ1v) is 11.3. The number of amides is 1. The minimum atomic E-state index is -4.00. The van der Waals surface area contributed by atoms with Gasteiger partial charge >= 0.3 is 23.3 Å². The maximum Gasteiger partial charge on any atom is 0.409 e. The molecule has 16 heteroatoms. The number of alkyl carbamates (subject to hydrolysis) is 1. The van der Waals surface area contributed by atoms with E-state index in [-0.39, 0.29) is 34.7 Å². The molecule has 3 rings (SSSR count). The quantitative estimate of drug-likeness (QED) is 0.127. The van der Waals surface area contributed by atoms with E-state index in [4.69, 9.17) is 21.1 Å². The first-order valence-electron chi connectivity index (χ1n) is 10.1. The summed E-state index contributed by atoms with van der Waals surface area (Å²) >= 11 is 5.90. The number of thiazole rings is 1. The highest BCUT2D eigenvalue weighted by Gasteiger charge is 2.40. The normalized spacial score (nSPS) is 12.0. The Bertz CT molecular complexity index is 1250. The fraction of sp³-hybridized carbons (Fsp3) is 0.300. The van der Waals surface area contributed by atoms with Gasteiger partial charge in [0.2, 0.25) is 0 Å². The summed E-state index contributed by atoms with van der Waals surface area (Å²) in [6.07, 6.45) is -2.42. The van der Waals surface area contributed by atoms with Crippen molar-refractivity contribution >= 4 is 45.9 Å². The maximum absolute atomic E-state index is 14.1. The molecule has 2 aromatic heterocycles. The van der Waals surface area contributed by atoms with E-state index < -0.39 is 28.5 Å². The van der Waals surface area contributed by atoms with Crippen molar-refractivity contribution in [1.29, 1.82) is 0 Å². The third-order valence-corrected chi connectivity index (χ3v) is 5.86. The topological polar surface area (TPSA) is 151 Å². The number of halogens is 3. The van der Waals surface area contributed by atoms with Crippen molar-refractivity contribution in [3.8, 4) is 11.3 Å². The van der Waals surface area contributed by atoms with Crippen LogP contribution in [0, 0.1) is 17.0 Å². The van der Waals surface area contributed by atoms with Crippen molar-refractivity contribution in [3.63, 3.8) is 0 Å². The van der Waals surface area contributed by atoms with Crippen LogP contribution in [0.25, 0.3) is 11.3 Å². The van der Waals surface area contributed by atoms with Crippen LogP contribution >= 0.6 is 22.9 Å². The molecule has 0 aliphatic rings. The molecule has 0 aliphatic carbocycles. The highest BCUT2D eigenvalue weighted by molar-refractivity contribution is 7.17. The summed E-state index contributed by atoms with van der Waals surface area (Å²) in [6, 6.07) is 8.49. The van der Waals surface area contributed by atoms with Crippen molar-refractivity contribution < 1.29 is 32.8 Å². The molecule has 2 N–H and O–H groups in total. The summed E-state index contributed by atoms with van der Waals surface area (Å²) in [5.41, 5.74) is 0.721. The lowest BCUT2D eigenvalue weighted by molar-refractivity contribution is -0.392. The number of carbonyl (C=O) groups is 2. The Kier molecular flexibility index (Phi) is 8.37. The molecule has 1 atom stereocenters. The second kappa shape index (κ2) is 11.3. The largest absolute Gasteiger partial charge is 0.465 e. The van der Waals surface area contributed by atoms with Crippen molar-refractivity contribution in [2.45, 2.75) is 25.0 Å². The van der Waals surface area contributed by atoms with Gasteiger partial charge in [0.1, 0.15) is 24.2 Å².